The minimum Gasteiger partial charge on any atom is -0.441 e. The summed E-state index contributed by atoms with van der Waals surface area (Å²) in [4.78, 5) is 35.7. The first-order chi connectivity index (χ1) is 15.1. The third-order valence-corrected chi connectivity index (χ3v) is 6.73. The van der Waals surface area contributed by atoms with Crippen LogP contribution < -0.4 is 10.2 Å². The zero-order valence-electron chi connectivity index (χ0n) is 16.9. The Bertz CT molecular complexity index is 1080. The summed E-state index contributed by atoms with van der Waals surface area (Å²) in [5.41, 5.74) is 1.88. The van der Waals surface area contributed by atoms with E-state index in [2.05, 4.69) is 15.3 Å². The molecule has 2 aromatic heterocycles. The van der Waals surface area contributed by atoms with Crippen molar-refractivity contribution in [1.29, 1.82) is 0 Å². The van der Waals surface area contributed by atoms with Crippen molar-refractivity contribution >= 4 is 34.2 Å². The fourth-order valence-corrected chi connectivity index (χ4v) is 4.97. The highest BCUT2D eigenvalue weighted by molar-refractivity contribution is 7.14. The number of carbonyl (C=O) groups is 2. The number of nitrogens with one attached hydrogen (secondary N) is 1. The normalized spacial score (nSPS) is 23.0. The molecule has 5 rings (SSSR count). The molecule has 2 fully saturated rings. The Balaban J connectivity index is 1.19. The molecule has 1 aromatic carbocycles. The number of thiazole rings is 1. The second kappa shape index (κ2) is 8.11. The summed E-state index contributed by atoms with van der Waals surface area (Å²) in [7, 11) is 0. The Morgan fingerprint density at radius 3 is 2.61 bits per heavy atom. The molecule has 1 N–H and O–H groups in total. The average Bonchev–Trinajstić information content (AvgIpc) is 3.40. The fraction of sp³-hybridized carbons (Fsp3) is 0.304. The molecule has 0 radical (unpaired) electrons. The third kappa shape index (κ3) is 4.03. The number of carbonyl (C=O) groups excluding carboxylic acids is 2. The van der Waals surface area contributed by atoms with E-state index >= 15 is 0 Å². The maximum atomic E-state index is 12.8. The lowest BCUT2D eigenvalue weighted by Gasteiger charge is -2.34. The summed E-state index contributed by atoms with van der Waals surface area (Å²) in [6, 6.07) is 15.2. The Morgan fingerprint density at radius 2 is 1.87 bits per heavy atom. The van der Waals surface area contributed by atoms with Crippen molar-refractivity contribution in [2.24, 2.45) is 5.92 Å². The molecule has 1 aliphatic heterocycles. The first-order valence-electron chi connectivity index (χ1n) is 10.4. The third-order valence-electron chi connectivity index (χ3n) is 5.97. The number of pyridine rings is 1. The highest BCUT2D eigenvalue weighted by Gasteiger charge is 2.48. The van der Waals surface area contributed by atoms with Crippen LogP contribution >= 0.6 is 11.3 Å². The van der Waals surface area contributed by atoms with Gasteiger partial charge in [-0.05, 0) is 49.9 Å². The largest absolute Gasteiger partial charge is 0.441 e. The molecule has 31 heavy (non-hydrogen) atoms. The lowest BCUT2D eigenvalue weighted by molar-refractivity contribution is -0.122. The number of aromatic nitrogens is 2. The summed E-state index contributed by atoms with van der Waals surface area (Å²) < 4.78 is 5.79. The van der Waals surface area contributed by atoms with Crippen molar-refractivity contribution in [3.8, 4) is 11.4 Å². The molecule has 1 aliphatic carbocycles. The Kier molecular flexibility index (Phi) is 5.15. The van der Waals surface area contributed by atoms with E-state index in [1.807, 2.05) is 53.9 Å². The molecule has 0 atom stereocenters. The lowest BCUT2D eigenvalue weighted by atomic mass is 9.78. The first-order valence-corrected chi connectivity index (χ1v) is 11.2. The van der Waals surface area contributed by atoms with Gasteiger partial charge in [0, 0.05) is 23.2 Å². The van der Waals surface area contributed by atoms with Gasteiger partial charge in [0.1, 0.15) is 11.3 Å². The molecular weight excluding hydrogens is 412 g/mol. The molecular formula is C23H22N4O3S. The van der Waals surface area contributed by atoms with E-state index in [-0.39, 0.29) is 17.9 Å². The van der Waals surface area contributed by atoms with Crippen LogP contribution in [0.1, 0.15) is 25.7 Å². The molecule has 8 heteroatoms. The van der Waals surface area contributed by atoms with Crippen LogP contribution in [0.4, 0.5) is 15.6 Å². The molecule has 3 heterocycles. The van der Waals surface area contributed by atoms with Crippen molar-refractivity contribution in [1.82, 2.24) is 9.97 Å². The van der Waals surface area contributed by atoms with Gasteiger partial charge in [-0.1, -0.05) is 24.3 Å². The van der Waals surface area contributed by atoms with E-state index in [1.165, 1.54) is 11.3 Å². The Labute approximate surface area is 184 Å². The van der Waals surface area contributed by atoms with E-state index in [9.17, 15) is 9.59 Å². The van der Waals surface area contributed by atoms with E-state index in [1.54, 1.807) is 11.1 Å². The number of ether oxygens (including phenoxy) is 1. The van der Waals surface area contributed by atoms with Crippen molar-refractivity contribution in [2.75, 3.05) is 16.8 Å². The van der Waals surface area contributed by atoms with E-state index in [0.717, 1.165) is 17.1 Å². The molecule has 0 unspecified atom stereocenters. The van der Waals surface area contributed by atoms with Crippen LogP contribution in [0.25, 0.3) is 11.4 Å². The van der Waals surface area contributed by atoms with Crippen LogP contribution in [0, 0.1) is 5.92 Å². The van der Waals surface area contributed by atoms with Crippen LogP contribution in [0.15, 0.2) is 60.1 Å². The fourth-order valence-electron chi connectivity index (χ4n) is 4.27. The number of anilines is 2. The van der Waals surface area contributed by atoms with Gasteiger partial charge in [0.05, 0.1) is 12.2 Å². The lowest BCUT2D eigenvalue weighted by Crippen LogP contribution is -2.41. The van der Waals surface area contributed by atoms with E-state index < -0.39 is 5.60 Å². The smallest absolute Gasteiger partial charge is 0.415 e. The quantitative estimate of drug-likeness (QED) is 0.642. The molecule has 0 bridgehead atoms. The monoisotopic (exact) mass is 434 g/mol. The predicted molar refractivity (Wildman–Crippen MR) is 119 cm³/mol. The van der Waals surface area contributed by atoms with Gasteiger partial charge in [-0.3, -0.25) is 14.7 Å². The number of benzene rings is 1. The van der Waals surface area contributed by atoms with Crippen LogP contribution in [-0.4, -0.2) is 34.1 Å². The van der Waals surface area contributed by atoms with Crippen LogP contribution in [0.5, 0.6) is 0 Å². The Morgan fingerprint density at radius 1 is 1.10 bits per heavy atom. The maximum Gasteiger partial charge on any atom is 0.415 e. The van der Waals surface area contributed by atoms with Crippen molar-refractivity contribution in [2.45, 2.75) is 31.3 Å². The first kappa shape index (κ1) is 19.7. The number of hydrogen-bond acceptors (Lipinski definition) is 6. The molecule has 1 spiro atoms. The van der Waals surface area contributed by atoms with Crippen LogP contribution in [-0.2, 0) is 9.53 Å². The second-order valence-corrected chi connectivity index (χ2v) is 8.85. The van der Waals surface area contributed by atoms with E-state index in [0.29, 0.717) is 37.4 Å². The number of amides is 2. The number of nitrogens with zero attached hydrogens (tertiary/aromatic N) is 3. The number of rotatable bonds is 4. The van der Waals surface area contributed by atoms with Gasteiger partial charge >= 0.3 is 6.09 Å². The minimum absolute atomic E-state index is 0.0268. The molecule has 1 saturated carbocycles. The van der Waals surface area contributed by atoms with Gasteiger partial charge < -0.3 is 10.1 Å². The molecule has 1 saturated heterocycles. The van der Waals surface area contributed by atoms with Crippen molar-refractivity contribution in [3.63, 3.8) is 0 Å². The SMILES string of the molecule is O=C1O[C@]2(CC[C@H](C(=O)Nc3nc(-c4ccccn4)cs3)CC2)CN1c1ccccc1. The maximum absolute atomic E-state index is 12.8. The van der Waals surface area contributed by atoms with Gasteiger partial charge in [0.25, 0.3) is 0 Å². The topological polar surface area (TPSA) is 84.4 Å². The standard InChI is InChI=1S/C23H22N4O3S/c28-20(26-21-25-19(14-31-21)18-8-4-5-13-24-18)16-9-11-23(12-10-16)15-27(22(29)30-23)17-6-2-1-3-7-17/h1-8,13-14,16H,9-12,15H2,(H,25,26,28)/t16-,23-. The summed E-state index contributed by atoms with van der Waals surface area (Å²) >= 11 is 1.39. The summed E-state index contributed by atoms with van der Waals surface area (Å²) in [5.74, 6) is -0.140. The van der Waals surface area contributed by atoms with Crippen LogP contribution in [0.2, 0.25) is 0 Å². The predicted octanol–water partition coefficient (Wildman–Crippen LogP) is 4.73. The van der Waals surface area contributed by atoms with Crippen molar-refractivity contribution < 1.29 is 14.3 Å². The van der Waals surface area contributed by atoms with Gasteiger partial charge in [0.2, 0.25) is 5.91 Å². The summed E-state index contributed by atoms with van der Waals surface area (Å²) in [6.07, 6.45) is 4.13. The molecule has 158 valence electrons. The molecule has 2 aliphatic rings. The highest BCUT2D eigenvalue weighted by atomic mass is 32.1. The molecule has 2 amide bonds. The minimum atomic E-state index is -0.503. The Hall–Kier alpha value is -3.26. The van der Waals surface area contributed by atoms with Crippen molar-refractivity contribution in [3.05, 3.63) is 60.1 Å². The van der Waals surface area contributed by atoms with Crippen LogP contribution in [0.3, 0.4) is 0 Å². The van der Waals surface area contributed by atoms with E-state index in [4.69, 9.17) is 4.74 Å². The van der Waals surface area contributed by atoms with Gasteiger partial charge in [0.15, 0.2) is 5.13 Å². The summed E-state index contributed by atoms with van der Waals surface area (Å²) in [5, 5.41) is 5.42. The van der Waals surface area contributed by atoms with Gasteiger partial charge in [-0.2, -0.15) is 0 Å². The average molecular weight is 435 g/mol. The summed E-state index contributed by atoms with van der Waals surface area (Å²) in [6.45, 7) is 0.532. The zero-order valence-corrected chi connectivity index (χ0v) is 17.7. The highest BCUT2D eigenvalue weighted by Crippen LogP contribution is 2.41. The number of hydrogen-bond donors (Lipinski definition) is 1. The second-order valence-electron chi connectivity index (χ2n) is 7.99. The van der Waals surface area contributed by atoms with Gasteiger partial charge in [-0.15, -0.1) is 11.3 Å². The molecule has 3 aromatic rings. The number of para-hydroxylation sites is 1. The van der Waals surface area contributed by atoms with Gasteiger partial charge in [-0.25, -0.2) is 9.78 Å². The molecule has 7 nitrogen and oxygen atoms in total. The zero-order chi connectivity index (χ0) is 21.3.